The van der Waals surface area contributed by atoms with Crippen molar-refractivity contribution in [1.29, 1.82) is 0 Å². The second-order valence-corrected chi connectivity index (χ2v) is 4.12. The molecule has 0 amide bonds. The van der Waals surface area contributed by atoms with Gasteiger partial charge in [-0.2, -0.15) is 0 Å². The fraction of sp³-hybridized carbons (Fsp3) is 0.538. The smallest absolute Gasteiger partial charge is 0.00772 e. The van der Waals surface area contributed by atoms with Crippen LogP contribution >= 0.6 is 0 Å². The largest absolute Gasteiger partial charge is 0.330 e. The number of unbranched alkanes of at least 4 members (excludes halogenated alkanes) is 1. The molecule has 0 heterocycles. The Labute approximate surface area is 87.3 Å². The van der Waals surface area contributed by atoms with Gasteiger partial charge in [-0.3, -0.25) is 0 Å². The normalized spacial score (nSPS) is 10.6. The molecule has 0 aliphatic carbocycles. The number of benzene rings is 1. The SMILES string of the molecule is Cc1cc(C)c(CCCCN)c(C)c1. The first-order valence-corrected chi connectivity index (χ1v) is 5.42. The average molecular weight is 191 g/mol. The molecule has 2 N–H and O–H groups in total. The lowest BCUT2D eigenvalue weighted by atomic mass is 9.96. The van der Waals surface area contributed by atoms with Crippen molar-refractivity contribution >= 4 is 0 Å². The second-order valence-electron chi connectivity index (χ2n) is 4.12. The maximum absolute atomic E-state index is 5.49. The van der Waals surface area contributed by atoms with Gasteiger partial charge in [0.25, 0.3) is 0 Å². The molecule has 78 valence electrons. The first-order valence-electron chi connectivity index (χ1n) is 5.42. The van der Waals surface area contributed by atoms with E-state index in [9.17, 15) is 0 Å². The minimum Gasteiger partial charge on any atom is -0.330 e. The third-order valence-corrected chi connectivity index (χ3v) is 2.72. The number of hydrogen-bond acceptors (Lipinski definition) is 1. The van der Waals surface area contributed by atoms with Crippen LogP contribution in [0.1, 0.15) is 35.1 Å². The van der Waals surface area contributed by atoms with Gasteiger partial charge in [0.2, 0.25) is 0 Å². The molecule has 0 saturated heterocycles. The monoisotopic (exact) mass is 191 g/mol. The molecule has 0 aromatic heterocycles. The molecule has 1 rings (SSSR count). The second kappa shape index (κ2) is 5.16. The molecule has 14 heavy (non-hydrogen) atoms. The summed E-state index contributed by atoms with van der Waals surface area (Å²) >= 11 is 0. The van der Waals surface area contributed by atoms with Crippen molar-refractivity contribution in [1.82, 2.24) is 0 Å². The van der Waals surface area contributed by atoms with Crippen LogP contribution in [0.3, 0.4) is 0 Å². The summed E-state index contributed by atoms with van der Waals surface area (Å²) in [6.07, 6.45) is 3.52. The van der Waals surface area contributed by atoms with Gasteiger partial charge in [-0.15, -0.1) is 0 Å². The van der Waals surface area contributed by atoms with Crippen molar-refractivity contribution in [3.63, 3.8) is 0 Å². The van der Waals surface area contributed by atoms with Crippen LogP contribution in [0.15, 0.2) is 12.1 Å². The van der Waals surface area contributed by atoms with Crippen molar-refractivity contribution < 1.29 is 0 Å². The summed E-state index contributed by atoms with van der Waals surface area (Å²) in [5.41, 5.74) is 11.2. The van der Waals surface area contributed by atoms with E-state index < -0.39 is 0 Å². The van der Waals surface area contributed by atoms with Crippen molar-refractivity contribution in [2.75, 3.05) is 6.54 Å². The Bertz CT molecular complexity index is 279. The Morgan fingerprint density at radius 1 is 1.00 bits per heavy atom. The highest BCUT2D eigenvalue weighted by Gasteiger charge is 2.02. The summed E-state index contributed by atoms with van der Waals surface area (Å²) in [6, 6.07) is 4.54. The topological polar surface area (TPSA) is 26.0 Å². The van der Waals surface area contributed by atoms with Gasteiger partial charge in [0.15, 0.2) is 0 Å². The molecule has 0 fully saturated rings. The van der Waals surface area contributed by atoms with E-state index in [4.69, 9.17) is 5.73 Å². The maximum Gasteiger partial charge on any atom is -0.00772 e. The first kappa shape index (κ1) is 11.3. The third kappa shape index (κ3) is 2.85. The van der Waals surface area contributed by atoms with Crippen molar-refractivity contribution in [2.45, 2.75) is 40.0 Å². The molecular formula is C13H21N. The van der Waals surface area contributed by atoms with Crippen LogP contribution in [0, 0.1) is 20.8 Å². The Morgan fingerprint density at radius 2 is 1.57 bits per heavy atom. The van der Waals surface area contributed by atoms with E-state index in [-0.39, 0.29) is 0 Å². The Morgan fingerprint density at radius 3 is 2.07 bits per heavy atom. The van der Waals surface area contributed by atoms with Crippen molar-refractivity contribution in [3.8, 4) is 0 Å². The molecule has 0 unspecified atom stereocenters. The highest BCUT2D eigenvalue weighted by molar-refractivity contribution is 5.37. The van der Waals surface area contributed by atoms with Crippen molar-refractivity contribution in [2.24, 2.45) is 5.73 Å². The summed E-state index contributed by atoms with van der Waals surface area (Å²) in [5, 5.41) is 0. The predicted molar refractivity (Wildman–Crippen MR) is 62.6 cm³/mol. The zero-order chi connectivity index (χ0) is 10.6. The standard InChI is InChI=1S/C13H21N/c1-10-8-11(2)13(12(3)9-10)6-4-5-7-14/h8-9H,4-7,14H2,1-3H3. The number of nitrogens with two attached hydrogens (primary N) is 1. The molecule has 1 aromatic rings. The Balaban J connectivity index is 2.75. The summed E-state index contributed by atoms with van der Waals surface area (Å²) in [7, 11) is 0. The molecule has 0 bridgehead atoms. The number of hydrogen-bond donors (Lipinski definition) is 1. The fourth-order valence-electron chi connectivity index (χ4n) is 2.05. The van der Waals surface area contributed by atoms with E-state index >= 15 is 0 Å². The van der Waals surface area contributed by atoms with Gasteiger partial charge in [-0.25, -0.2) is 0 Å². The highest BCUT2D eigenvalue weighted by atomic mass is 14.5. The molecular weight excluding hydrogens is 170 g/mol. The number of rotatable bonds is 4. The van der Waals surface area contributed by atoms with Crippen LogP contribution in [0.25, 0.3) is 0 Å². The van der Waals surface area contributed by atoms with E-state index in [1.54, 1.807) is 0 Å². The summed E-state index contributed by atoms with van der Waals surface area (Å²) < 4.78 is 0. The van der Waals surface area contributed by atoms with Crippen LogP contribution in [0.2, 0.25) is 0 Å². The van der Waals surface area contributed by atoms with Crippen LogP contribution in [0.4, 0.5) is 0 Å². The van der Waals surface area contributed by atoms with E-state index in [2.05, 4.69) is 32.9 Å². The lowest BCUT2D eigenvalue weighted by Crippen LogP contribution is -2.01. The molecule has 1 nitrogen and oxygen atoms in total. The summed E-state index contributed by atoms with van der Waals surface area (Å²) in [5.74, 6) is 0. The van der Waals surface area contributed by atoms with Crippen LogP contribution in [0.5, 0.6) is 0 Å². The quantitative estimate of drug-likeness (QED) is 0.728. The van der Waals surface area contributed by atoms with Gasteiger partial charge in [0.05, 0.1) is 0 Å². The van der Waals surface area contributed by atoms with Crippen LogP contribution < -0.4 is 5.73 Å². The zero-order valence-electron chi connectivity index (χ0n) is 9.56. The molecule has 0 aliphatic rings. The minimum absolute atomic E-state index is 0.809. The highest BCUT2D eigenvalue weighted by Crippen LogP contribution is 2.18. The van der Waals surface area contributed by atoms with Gasteiger partial charge in [-0.05, 0) is 63.3 Å². The lowest BCUT2D eigenvalue weighted by Gasteiger charge is -2.10. The average Bonchev–Trinajstić information content (AvgIpc) is 2.09. The third-order valence-electron chi connectivity index (χ3n) is 2.72. The van der Waals surface area contributed by atoms with Gasteiger partial charge in [0.1, 0.15) is 0 Å². The van der Waals surface area contributed by atoms with E-state index in [1.807, 2.05) is 0 Å². The molecule has 0 radical (unpaired) electrons. The van der Waals surface area contributed by atoms with Gasteiger partial charge >= 0.3 is 0 Å². The molecule has 1 aromatic carbocycles. The van der Waals surface area contributed by atoms with Gasteiger partial charge in [-0.1, -0.05) is 17.7 Å². The fourth-order valence-corrected chi connectivity index (χ4v) is 2.05. The van der Waals surface area contributed by atoms with Gasteiger partial charge in [0, 0.05) is 0 Å². The molecule has 0 aliphatic heterocycles. The Kier molecular flexibility index (Phi) is 4.15. The maximum atomic E-state index is 5.49. The van der Waals surface area contributed by atoms with E-state index in [1.165, 1.54) is 35.1 Å². The molecule has 1 heteroatoms. The predicted octanol–water partition coefficient (Wildman–Crippen LogP) is 2.89. The van der Waals surface area contributed by atoms with Crippen molar-refractivity contribution in [3.05, 3.63) is 34.4 Å². The Hall–Kier alpha value is -0.820. The molecule has 0 saturated carbocycles. The first-order chi connectivity index (χ1) is 6.65. The van der Waals surface area contributed by atoms with Crippen LogP contribution in [-0.2, 0) is 6.42 Å². The lowest BCUT2D eigenvalue weighted by molar-refractivity contribution is 0.739. The molecule has 0 spiro atoms. The van der Waals surface area contributed by atoms with Crippen LogP contribution in [-0.4, -0.2) is 6.54 Å². The number of aryl methyl sites for hydroxylation is 3. The van der Waals surface area contributed by atoms with E-state index in [0.29, 0.717) is 0 Å². The van der Waals surface area contributed by atoms with E-state index in [0.717, 1.165) is 13.0 Å². The van der Waals surface area contributed by atoms with Gasteiger partial charge < -0.3 is 5.73 Å². The summed E-state index contributed by atoms with van der Waals surface area (Å²) in [6.45, 7) is 7.38. The summed E-state index contributed by atoms with van der Waals surface area (Å²) in [4.78, 5) is 0. The zero-order valence-corrected chi connectivity index (χ0v) is 9.56. The molecule has 0 atom stereocenters. The minimum atomic E-state index is 0.809.